The summed E-state index contributed by atoms with van der Waals surface area (Å²) in [5, 5.41) is 32.7. The van der Waals surface area contributed by atoms with Crippen molar-refractivity contribution in [3.63, 3.8) is 0 Å². The highest BCUT2D eigenvalue weighted by atomic mass is 16.5. The number of H-pyrrole nitrogens is 1. The van der Waals surface area contributed by atoms with Crippen molar-refractivity contribution in [2.45, 2.75) is 91.3 Å². The van der Waals surface area contributed by atoms with Gasteiger partial charge in [0.2, 0.25) is 0 Å². The number of ether oxygens (including phenoxy) is 1. The lowest BCUT2D eigenvalue weighted by Crippen LogP contribution is -2.22. The molecule has 0 amide bonds. The molecule has 1 rings (SSSR count). The minimum absolute atomic E-state index is 0.00102. The van der Waals surface area contributed by atoms with Gasteiger partial charge in [0, 0.05) is 5.57 Å². The van der Waals surface area contributed by atoms with Crippen LogP contribution in [0.2, 0.25) is 0 Å². The zero-order chi connectivity index (χ0) is 23.7. The largest absolute Gasteiger partial charge is 0.508 e. The number of allylic oxidation sites excluding steroid dienone is 1. The van der Waals surface area contributed by atoms with Crippen LogP contribution in [0.25, 0.3) is 0 Å². The van der Waals surface area contributed by atoms with Gasteiger partial charge in [-0.2, -0.15) is 5.16 Å². The smallest absolute Gasteiger partial charge is 0.283 e. The predicted molar refractivity (Wildman–Crippen MR) is 122 cm³/mol. The summed E-state index contributed by atoms with van der Waals surface area (Å²) in [5.74, 6) is -0.00102. The number of rotatable bonds is 15. The molecule has 1 heterocycles. The first-order valence-corrected chi connectivity index (χ1v) is 11.0. The fraction of sp³-hybridized carbons (Fsp3) is 0.708. The molecule has 0 aliphatic carbocycles. The number of aromatic amines is 1. The second kappa shape index (κ2) is 12.2. The standard InChI is InChI=1S/C24H41NO6/c1-17(26)18(15-30-6)13-23(2,3)11-9-20(27)7-8-21(28)10-12-24(4,5)14-19-16-31-25-22(19)29/h15-16,20-21,26-28H,1,7-14H2,2-6H3,(H,25,29)/b18-15-. The van der Waals surface area contributed by atoms with E-state index in [0.29, 0.717) is 49.7 Å². The van der Waals surface area contributed by atoms with E-state index in [9.17, 15) is 20.1 Å². The van der Waals surface area contributed by atoms with Crippen molar-refractivity contribution in [2.75, 3.05) is 7.11 Å². The maximum Gasteiger partial charge on any atom is 0.283 e. The van der Waals surface area contributed by atoms with Gasteiger partial charge in [-0.25, -0.2) is 0 Å². The molecule has 4 N–H and O–H groups in total. The van der Waals surface area contributed by atoms with Crippen LogP contribution in [0.3, 0.4) is 0 Å². The van der Waals surface area contributed by atoms with Crippen LogP contribution in [0.5, 0.6) is 0 Å². The molecule has 0 aliphatic rings. The molecular formula is C24H41NO6. The SMILES string of the molecule is C=C(O)/C(=C\OC)CC(C)(C)CCC(O)CCC(O)CCC(C)(C)Cc1co[nH]c1=O. The summed E-state index contributed by atoms with van der Waals surface area (Å²) < 4.78 is 9.83. The van der Waals surface area contributed by atoms with Gasteiger partial charge >= 0.3 is 0 Å². The lowest BCUT2D eigenvalue weighted by molar-refractivity contribution is 0.0878. The van der Waals surface area contributed by atoms with E-state index in [4.69, 9.17) is 9.26 Å². The number of aliphatic hydroxyl groups excluding tert-OH is 3. The van der Waals surface area contributed by atoms with E-state index in [0.717, 1.165) is 12.8 Å². The normalized spacial score (nSPS) is 15.0. The fourth-order valence-electron chi connectivity index (χ4n) is 3.75. The molecule has 0 radical (unpaired) electrons. The van der Waals surface area contributed by atoms with Crippen molar-refractivity contribution < 1.29 is 24.6 Å². The Kier molecular flexibility index (Phi) is 10.6. The minimum atomic E-state index is -0.487. The first-order valence-electron chi connectivity index (χ1n) is 11.0. The number of nitrogens with one attached hydrogen (secondary N) is 1. The van der Waals surface area contributed by atoms with E-state index in [2.05, 4.69) is 39.4 Å². The van der Waals surface area contributed by atoms with Crippen LogP contribution in [-0.2, 0) is 11.2 Å². The Labute approximate surface area is 185 Å². The topological polar surface area (TPSA) is 116 Å². The average Bonchev–Trinajstić information content (AvgIpc) is 3.06. The molecule has 0 spiro atoms. The van der Waals surface area contributed by atoms with E-state index in [-0.39, 0.29) is 22.1 Å². The Morgan fingerprint density at radius 3 is 2.13 bits per heavy atom. The van der Waals surface area contributed by atoms with Gasteiger partial charge in [0.1, 0.15) is 12.0 Å². The number of aliphatic hydroxyl groups is 3. The molecule has 0 aromatic carbocycles. The zero-order valence-electron chi connectivity index (χ0n) is 19.7. The maximum absolute atomic E-state index is 11.6. The third kappa shape index (κ3) is 10.7. The van der Waals surface area contributed by atoms with E-state index < -0.39 is 12.2 Å². The maximum atomic E-state index is 11.6. The van der Waals surface area contributed by atoms with Crippen LogP contribution in [0.15, 0.2) is 39.8 Å². The molecule has 2 atom stereocenters. The monoisotopic (exact) mass is 439 g/mol. The molecule has 31 heavy (non-hydrogen) atoms. The highest BCUT2D eigenvalue weighted by molar-refractivity contribution is 5.21. The van der Waals surface area contributed by atoms with Gasteiger partial charge in [0.25, 0.3) is 5.56 Å². The Balaban J connectivity index is 2.37. The molecule has 1 aromatic rings. The van der Waals surface area contributed by atoms with Gasteiger partial charge in [-0.1, -0.05) is 34.3 Å². The van der Waals surface area contributed by atoms with Crippen LogP contribution in [0.4, 0.5) is 0 Å². The van der Waals surface area contributed by atoms with Crippen molar-refractivity contribution in [3.8, 4) is 0 Å². The Bertz CT molecular complexity index is 758. The van der Waals surface area contributed by atoms with Crippen LogP contribution >= 0.6 is 0 Å². The Hall–Kier alpha value is -1.99. The summed E-state index contributed by atoms with van der Waals surface area (Å²) in [6.07, 6.45) is 6.99. The summed E-state index contributed by atoms with van der Waals surface area (Å²) in [6.45, 7) is 11.9. The lowest BCUT2D eigenvalue weighted by Gasteiger charge is -2.27. The lowest BCUT2D eigenvalue weighted by atomic mass is 9.80. The van der Waals surface area contributed by atoms with Crippen LogP contribution in [-0.4, -0.2) is 39.8 Å². The second-order valence-corrected chi connectivity index (χ2v) is 10.2. The highest BCUT2D eigenvalue weighted by Gasteiger charge is 2.24. The van der Waals surface area contributed by atoms with E-state index in [1.165, 1.54) is 19.6 Å². The molecule has 7 heteroatoms. The van der Waals surface area contributed by atoms with Crippen molar-refractivity contribution in [1.82, 2.24) is 5.16 Å². The van der Waals surface area contributed by atoms with E-state index in [1.807, 2.05) is 0 Å². The average molecular weight is 440 g/mol. The minimum Gasteiger partial charge on any atom is -0.508 e. The molecule has 0 fully saturated rings. The molecule has 0 aliphatic heterocycles. The van der Waals surface area contributed by atoms with Gasteiger partial charge in [0.05, 0.1) is 31.1 Å². The molecule has 1 aromatic heterocycles. The number of aromatic nitrogens is 1. The van der Waals surface area contributed by atoms with Gasteiger partial charge in [-0.15, -0.1) is 0 Å². The van der Waals surface area contributed by atoms with E-state index in [1.54, 1.807) is 0 Å². The van der Waals surface area contributed by atoms with Gasteiger partial charge in [-0.05, 0) is 62.2 Å². The van der Waals surface area contributed by atoms with Crippen LogP contribution < -0.4 is 5.56 Å². The number of methoxy groups -OCH3 is 1. The van der Waals surface area contributed by atoms with Gasteiger partial charge < -0.3 is 24.6 Å². The van der Waals surface area contributed by atoms with Crippen molar-refractivity contribution in [2.24, 2.45) is 10.8 Å². The van der Waals surface area contributed by atoms with Crippen molar-refractivity contribution in [3.05, 3.63) is 46.4 Å². The molecule has 0 bridgehead atoms. The molecule has 0 saturated carbocycles. The summed E-state index contributed by atoms with van der Waals surface area (Å²) in [4.78, 5) is 11.6. The van der Waals surface area contributed by atoms with Crippen LogP contribution in [0.1, 0.15) is 78.2 Å². The number of hydrogen-bond acceptors (Lipinski definition) is 6. The first-order chi connectivity index (χ1) is 14.3. The summed E-state index contributed by atoms with van der Waals surface area (Å²) in [5.41, 5.74) is 0.797. The molecule has 0 saturated heterocycles. The molecule has 7 nitrogen and oxygen atoms in total. The molecular weight excluding hydrogens is 398 g/mol. The quantitative estimate of drug-likeness (QED) is 0.234. The first kappa shape index (κ1) is 27.0. The zero-order valence-corrected chi connectivity index (χ0v) is 19.7. The molecule has 178 valence electrons. The second-order valence-electron chi connectivity index (χ2n) is 10.2. The molecule has 2 unspecified atom stereocenters. The predicted octanol–water partition coefficient (Wildman–Crippen LogP) is 4.62. The fourth-order valence-corrected chi connectivity index (χ4v) is 3.75. The van der Waals surface area contributed by atoms with Crippen LogP contribution in [0, 0.1) is 10.8 Å². The van der Waals surface area contributed by atoms with E-state index >= 15 is 0 Å². The summed E-state index contributed by atoms with van der Waals surface area (Å²) in [6, 6.07) is 0. The third-order valence-corrected chi connectivity index (χ3v) is 5.76. The van der Waals surface area contributed by atoms with Gasteiger partial charge in [0.15, 0.2) is 0 Å². The third-order valence-electron chi connectivity index (χ3n) is 5.76. The summed E-state index contributed by atoms with van der Waals surface area (Å²) in [7, 11) is 1.53. The van der Waals surface area contributed by atoms with Crippen molar-refractivity contribution in [1.29, 1.82) is 0 Å². The Morgan fingerprint density at radius 2 is 1.68 bits per heavy atom. The Morgan fingerprint density at radius 1 is 1.13 bits per heavy atom. The van der Waals surface area contributed by atoms with Gasteiger partial charge in [-0.3, -0.25) is 4.79 Å². The van der Waals surface area contributed by atoms with Crippen molar-refractivity contribution >= 4 is 0 Å². The summed E-state index contributed by atoms with van der Waals surface area (Å²) >= 11 is 0. The highest BCUT2D eigenvalue weighted by Crippen LogP contribution is 2.33. The number of hydrogen-bond donors (Lipinski definition) is 4.